The number of fused-ring (bicyclic) bond motifs is 2. The van der Waals surface area contributed by atoms with Crippen LogP contribution in [0.1, 0.15) is 0 Å². The molecule has 0 aliphatic rings. The topological polar surface area (TPSA) is 51.6 Å². The molecule has 0 unspecified atom stereocenters. The quantitative estimate of drug-likeness (QED) is 0.181. The third-order valence-electron chi connectivity index (χ3n) is 8.78. The monoisotopic (exact) mass is 644 g/mol. The van der Waals surface area contributed by atoms with Crippen LogP contribution in [0.4, 0.5) is 0 Å². The third kappa shape index (κ3) is 5.77. The van der Waals surface area contributed by atoms with Gasteiger partial charge in [-0.15, -0.1) is 11.3 Å². The van der Waals surface area contributed by atoms with E-state index in [-0.39, 0.29) is 0 Å². The van der Waals surface area contributed by atoms with Crippen molar-refractivity contribution in [2.24, 2.45) is 0 Å². The van der Waals surface area contributed by atoms with Crippen molar-refractivity contribution in [3.05, 3.63) is 170 Å². The van der Waals surface area contributed by atoms with Crippen molar-refractivity contribution in [3.8, 4) is 67.0 Å². The van der Waals surface area contributed by atoms with E-state index in [4.69, 9.17) is 19.9 Å². The molecule has 0 aliphatic carbocycles. The van der Waals surface area contributed by atoms with E-state index >= 15 is 0 Å². The van der Waals surface area contributed by atoms with Crippen LogP contribution in [0.5, 0.6) is 0 Å². The summed E-state index contributed by atoms with van der Waals surface area (Å²) in [6, 6.07) is 58.9. The molecule has 7 aromatic carbocycles. The van der Waals surface area contributed by atoms with Gasteiger partial charge in [0.1, 0.15) is 5.01 Å². The SMILES string of the molecule is c1ccc(-c2ccc(-c3nc(-c4ccc(-c5ccccc5)cc4)nc(-c4ccc5sc(-c6ccc7ccccc7c6)nc5c4)n3)cc2)cc1. The van der Waals surface area contributed by atoms with Crippen LogP contribution in [0.3, 0.4) is 0 Å². The molecule has 2 aromatic heterocycles. The largest absolute Gasteiger partial charge is 0.236 e. The average molecular weight is 645 g/mol. The zero-order valence-electron chi connectivity index (χ0n) is 26.4. The molecule has 0 saturated heterocycles. The molecule has 230 valence electrons. The number of thiazole rings is 1. The number of hydrogen-bond donors (Lipinski definition) is 0. The highest BCUT2D eigenvalue weighted by Crippen LogP contribution is 2.35. The molecule has 49 heavy (non-hydrogen) atoms. The molecule has 2 heterocycles. The van der Waals surface area contributed by atoms with Gasteiger partial charge in [0, 0.05) is 22.3 Å². The average Bonchev–Trinajstić information content (AvgIpc) is 3.62. The van der Waals surface area contributed by atoms with Gasteiger partial charge in [-0.2, -0.15) is 0 Å². The first-order valence-electron chi connectivity index (χ1n) is 16.2. The molecule has 0 N–H and O–H groups in total. The molecular formula is C44H28N4S. The zero-order valence-corrected chi connectivity index (χ0v) is 27.2. The van der Waals surface area contributed by atoms with Gasteiger partial charge in [0.25, 0.3) is 0 Å². The molecule has 5 heteroatoms. The van der Waals surface area contributed by atoms with Crippen LogP contribution in [-0.4, -0.2) is 19.9 Å². The van der Waals surface area contributed by atoms with E-state index in [0.717, 1.165) is 48.6 Å². The van der Waals surface area contributed by atoms with Gasteiger partial charge in [-0.1, -0.05) is 146 Å². The molecule has 9 aromatic rings. The molecule has 0 saturated carbocycles. The first-order chi connectivity index (χ1) is 24.2. The second kappa shape index (κ2) is 12.4. The van der Waals surface area contributed by atoms with Crippen molar-refractivity contribution in [2.75, 3.05) is 0 Å². The molecule has 0 radical (unpaired) electrons. The van der Waals surface area contributed by atoms with Gasteiger partial charge >= 0.3 is 0 Å². The number of nitrogens with zero attached hydrogens (tertiary/aromatic N) is 4. The summed E-state index contributed by atoms with van der Waals surface area (Å²) in [5.74, 6) is 1.87. The minimum atomic E-state index is 0.612. The van der Waals surface area contributed by atoms with Gasteiger partial charge < -0.3 is 0 Å². The van der Waals surface area contributed by atoms with Crippen molar-refractivity contribution in [3.63, 3.8) is 0 Å². The van der Waals surface area contributed by atoms with E-state index < -0.39 is 0 Å². The maximum atomic E-state index is 5.06. The lowest BCUT2D eigenvalue weighted by Gasteiger charge is -2.10. The lowest BCUT2D eigenvalue weighted by Crippen LogP contribution is -2.00. The minimum absolute atomic E-state index is 0.612. The van der Waals surface area contributed by atoms with Crippen molar-refractivity contribution in [1.82, 2.24) is 19.9 Å². The first-order valence-corrected chi connectivity index (χ1v) is 17.0. The number of hydrogen-bond acceptors (Lipinski definition) is 5. The molecule has 0 fully saturated rings. The van der Waals surface area contributed by atoms with Crippen LogP contribution in [0.2, 0.25) is 0 Å². The Labute approximate surface area is 288 Å². The highest BCUT2D eigenvalue weighted by atomic mass is 32.1. The van der Waals surface area contributed by atoms with Gasteiger partial charge in [-0.3, -0.25) is 0 Å². The van der Waals surface area contributed by atoms with E-state index in [1.165, 1.54) is 21.9 Å². The Morgan fingerprint density at radius 2 is 0.755 bits per heavy atom. The fraction of sp³-hybridized carbons (Fsp3) is 0. The fourth-order valence-electron chi connectivity index (χ4n) is 6.16. The van der Waals surface area contributed by atoms with Crippen molar-refractivity contribution < 1.29 is 0 Å². The van der Waals surface area contributed by atoms with Crippen molar-refractivity contribution >= 4 is 32.3 Å². The van der Waals surface area contributed by atoms with Crippen LogP contribution in [0, 0.1) is 0 Å². The fourth-order valence-corrected chi connectivity index (χ4v) is 7.10. The van der Waals surface area contributed by atoms with Crippen molar-refractivity contribution in [2.45, 2.75) is 0 Å². The Morgan fingerprint density at radius 3 is 1.35 bits per heavy atom. The lowest BCUT2D eigenvalue weighted by molar-refractivity contribution is 1.07. The highest BCUT2D eigenvalue weighted by Gasteiger charge is 2.15. The maximum absolute atomic E-state index is 5.06. The minimum Gasteiger partial charge on any atom is -0.236 e. The van der Waals surface area contributed by atoms with Crippen LogP contribution in [0.15, 0.2) is 170 Å². The van der Waals surface area contributed by atoms with E-state index in [2.05, 4.69) is 158 Å². The van der Waals surface area contributed by atoms with Gasteiger partial charge in [0.15, 0.2) is 17.5 Å². The van der Waals surface area contributed by atoms with Crippen LogP contribution in [-0.2, 0) is 0 Å². The Balaban J connectivity index is 1.12. The Hall–Kier alpha value is -6.30. The number of aromatic nitrogens is 4. The molecule has 0 amide bonds. The highest BCUT2D eigenvalue weighted by molar-refractivity contribution is 7.21. The second-order valence-electron chi connectivity index (χ2n) is 12.0. The van der Waals surface area contributed by atoms with Gasteiger partial charge in [-0.05, 0) is 57.3 Å². The summed E-state index contributed by atoms with van der Waals surface area (Å²) in [6.07, 6.45) is 0. The molecule has 9 rings (SSSR count). The summed E-state index contributed by atoms with van der Waals surface area (Å²) in [6.45, 7) is 0. The molecular weight excluding hydrogens is 617 g/mol. The molecule has 4 nitrogen and oxygen atoms in total. The Kier molecular flexibility index (Phi) is 7.30. The molecule has 0 spiro atoms. The van der Waals surface area contributed by atoms with Crippen LogP contribution in [0.25, 0.3) is 88.0 Å². The smallest absolute Gasteiger partial charge is 0.164 e. The first kappa shape index (κ1) is 28.9. The zero-order chi connectivity index (χ0) is 32.6. The summed E-state index contributed by atoms with van der Waals surface area (Å²) in [4.78, 5) is 20.1. The predicted octanol–water partition coefficient (Wildman–Crippen LogP) is 11.6. The van der Waals surface area contributed by atoms with Gasteiger partial charge in [0.05, 0.1) is 10.2 Å². The summed E-state index contributed by atoms with van der Waals surface area (Å²) >= 11 is 1.70. The normalized spacial score (nSPS) is 11.3. The van der Waals surface area contributed by atoms with Crippen LogP contribution >= 0.6 is 11.3 Å². The van der Waals surface area contributed by atoms with E-state index in [1.54, 1.807) is 11.3 Å². The van der Waals surface area contributed by atoms with E-state index in [0.29, 0.717) is 17.5 Å². The van der Waals surface area contributed by atoms with Crippen LogP contribution < -0.4 is 0 Å². The Bertz CT molecular complexity index is 2480. The summed E-state index contributed by atoms with van der Waals surface area (Å²) < 4.78 is 1.12. The predicted molar refractivity (Wildman–Crippen MR) is 203 cm³/mol. The third-order valence-corrected chi connectivity index (χ3v) is 9.86. The summed E-state index contributed by atoms with van der Waals surface area (Å²) in [5, 5.41) is 3.42. The second-order valence-corrected chi connectivity index (χ2v) is 13.0. The maximum Gasteiger partial charge on any atom is 0.164 e. The number of rotatable bonds is 6. The molecule has 0 aliphatic heterocycles. The van der Waals surface area contributed by atoms with Gasteiger partial charge in [0.2, 0.25) is 0 Å². The lowest BCUT2D eigenvalue weighted by atomic mass is 10.0. The van der Waals surface area contributed by atoms with Gasteiger partial charge in [-0.25, -0.2) is 19.9 Å². The molecule has 0 bridgehead atoms. The number of benzene rings is 7. The summed E-state index contributed by atoms with van der Waals surface area (Å²) in [7, 11) is 0. The van der Waals surface area contributed by atoms with E-state index in [1.807, 2.05) is 12.1 Å². The van der Waals surface area contributed by atoms with Crippen molar-refractivity contribution in [1.29, 1.82) is 0 Å². The molecule has 0 atom stereocenters. The van der Waals surface area contributed by atoms with E-state index in [9.17, 15) is 0 Å². The standard InChI is InChI=1S/C44H28N4S/c1-3-9-29(10-4-1)32-15-20-34(21-16-32)41-46-42(35-22-17-33(18-23-35)30-11-5-2-6-12-30)48-43(47-41)37-25-26-40-39(28-37)45-44(49-40)38-24-19-31-13-7-8-14-36(31)27-38/h1-28H. The summed E-state index contributed by atoms with van der Waals surface area (Å²) in [5.41, 5.74) is 9.43. The Morgan fingerprint density at radius 1 is 0.306 bits per heavy atom.